The Bertz CT molecular complexity index is 761. The molecule has 0 saturated heterocycles. The Kier molecular flexibility index (Phi) is 6.58. The first-order valence-corrected chi connectivity index (χ1v) is 10.4. The summed E-state index contributed by atoms with van der Waals surface area (Å²) in [6.07, 6.45) is 5.36. The van der Waals surface area contributed by atoms with E-state index in [2.05, 4.69) is 67.4 Å². The summed E-state index contributed by atoms with van der Waals surface area (Å²) in [6, 6.07) is 21.8. The van der Waals surface area contributed by atoms with Crippen LogP contribution in [0.15, 0.2) is 54.6 Å². The molecule has 2 aromatic rings. The van der Waals surface area contributed by atoms with Crippen molar-refractivity contribution < 1.29 is 0 Å². The van der Waals surface area contributed by atoms with Gasteiger partial charge in [-0.3, -0.25) is 4.90 Å². The minimum absolute atomic E-state index is 0.369. The van der Waals surface area contributed by atoms with Crippen LogP contribution in [0.2, 0.25) is 5.02 Å². The molecule has 1 saturated carbocycles. The van der Waals surface area contributed by atoms with Gasteiger partial charge in [0.2, 0.25) is 0 Å². The van der Waals surface area contributed by atoms with Crippen LogP contribution >= 0.6 is 11.6 Å². The molecular weight excluding hydrogens is 352 g/mol. The average Bonchev–Trinajstić information content (AvgIpc) is 3.53. The van der Waals surface area contributed by atoms with Crippen molar-refractivity contribution in [3.05, 3.63) is 70.7 Å². The highest BCUT2D eigenvalue weighted by molar-refractivity contribution is 6.30. The van der Waals surface area contributed by atoms with Crippen molar-refractivity contribution in [1.82, 2.24) is 4.90 Å². The summed E-state index contributed by atoms with van der Waals surface area (Å²) in [6.45, 7) is 3.20. The zero-order chi connectivity index (χ0) is 19.3. The Morgan fingerprint density at radius 2 is 1.81 bits per heavy atom. The fourth-order valence-corrected chi connectivity index (χ4v) is 4.38. The first-order chi connectivity index (χ1) is 13.1. The Labute approximate surface area is 168 Å². The molecule has 1 aliphatic rings. The zero-order valence-corrected chi connectivity index (χ0v) is 17.1. The maximum Gasteiger partial charge on any atom is 0.0851 e. The van der Waals surface area contributed by atoms with Gasteiger partial charge in [0, 0.05) is 17.6 Å². The van der Waals surface area contributed by atoms with Crippen LogP contribution in [0, 0.1) is 17.2 Å². The van der Waals surface area contributed by atoms with Gasteiger partial charge < -0.3 is 0 Å². The van der Waals surface area contributed by atoms with Crippen molar-refractivity contribution >= 4 is 11.6 Å². The van der Waals surface area contributed by atoms with Gasteiger partial charge in [-0.15, -0.1) is 0 Å². The van der Waals surface area contributed by atoms with E-state index >= 15 is 0 Å². The summed E-state index contributed by atoms with van der Waals surface area (Å²) in [4.78, 5) is 2.44. The minimum atomic E-state index is -0.369. The topological polar surface area (TPSA) is 27.0 Å². The molecule has 0 heterocycles. The lowest BCUT2D eigenvalue weighted by Crippen LogP contribution is -2.34. The van der Waals surface area contributed by atoms with Crippen LogP contribution in [-0.4, -0.2) is 18.0 Å². The third-order valence-electron chi connectivity index (χ3n) is 6.07. The number of nitrogens with zero attached hydrogens (tertiary/aromatic N) is 2. The van der Waals surface area contributed by atoms with Gasteiger partial charge in [0.25, 0.3) is 0 Å². The van der Waals surface area contributed by atoms with Crippen molar-refractivity contribution in [2.24, 2.45) is 5.92 Å². The fourth-order valence-electron chi connectivity index (χ4n) is 4.25. The second kappa shape index (κ2) is 8.91. The second-order valence-corrected chi connectivity index (χ2v) is 8.30. The fraction of sp³-hybridized carbons (Fsp3) is 0.458. The first kappa shape index (κ1) is 19.9. The molecular formula is C24H29ClN2. The van der Waals surface area contributed by atoms with Gasteiger partial charge >= 0.3 is 0 Å². The normalized spacial score (nSPS) is 17.3. The SMILES string of the molecule is CCC(CCC(C#N)(c1ccc(Cl)cc1)C1CC1)N(C)Cc1ccccc1. The van der Waals surface area contributed by atoms with Gasteiger partial charge in [0.05, 0.1) is 11.5 Å². The third kappa shape index (κ3) is 4.72. The van der Waals surface area contributed by atoms with Crippen LogP contribution in [0.5, 0.6) is 0 Å². The van der Waals surface area contributed by atoms with E-state index in [4.69, 9.17) is 11.6 Å². The molecule has 0 aromatic heterocycles. The molecule has 2 unspecified atom stereocenters. The highest BCUT2D eigenvalue weighted by Gasteiger charge is 2.46. The largest absolute Gasteiger partial charge is 0.299 e. The maximum absolute atomic E-state index is 10.2. The molecule has 0 spiro atoms. The van der Waals surface area contributed by atoms with Crippen LogP contribution in [0.3, 0.4) is 0 Å². The minimum Gasteiger partial charge on any atom is -0.299 e. The first-order valence-electron chi connectivity index (χ1n) is 10.0. The van der Waals surface area contributed by atoms with Crippen LogP contribution in [-0.2, 0) is 12.0 Å². The summed E-state index contributed by atoms with van der Waals surface area (Å²) in [5.41, 5.74) is 2.10. The number of rotatable bonds is 9. The van der Waals surface area contributed by atoms with Gasteiger partial charge in [-0.1, -0.05) is 61.0 Å². The van der Waals surface area contributed by atoms with Gasteiger partial charge in [-0.25, -0.2) is 0 Å². The molecule has 0 aliphatic heterocycles. The zero-order valence-electron chi connectivity index (χ0n) is 16.4. The molecule has 3 rings (SSSR count). The van der Waals surface area contributed by atoms with Crippen LogP contribution in [0.1, 0.15) is 50.2 Å². The molecule has 0 bridgehead atoms. The monoisotopic (exact) mass is 380 g/mol. The molecule has 1 fully saturated rings. The Hall–Kier alpha value is -1.82. The predicted molar refractivity (Wildman–Crippen MR) is 113 cm³/mol. The quantitative estimate of drug-likeness (QED) is 0.517. The van der Waals surface area contributed by atoms with Gasteiger partial charge in [-0.05, 0) is 68.3 Å². The van der Waals surface area contributed by atoms with E-state index in [0.29, 0.717) is 12.0 Å². The molecule has 27 heavy (non-hydrogen) atoms. The summed E-state index contributed by atoms with van der Waals surface area (Å²) in [5.74, 6) is 0.487. The molecule has 2 atom stereocenters. The second-order valence-electron chi connectivity index (χ2n) is 7.87. The number of benzene rings is 2. The Morgan fingerprint density at radius 1 is 1.15 bits per heavy atom. The lowest BCUT2D eigenvalue weighted by Gasteiger charge is -2.33. The van der Waals surface area contributed by atoms with Crippen molar-refractivity contribution in [3.63, 3.8) is 0 Å². The van der Waals surface area contributed by atoms with Crippen molar-refractivity contribution in [3.8, 4) is 6.07 Å². The molecule has 0 N–H and O–H groups in total. The standard InChI is InChI=1S/C24H29ClN2/c1-3-23(27(2)17-19-7-5-4-6-8-19)15-16-24(18-26,20-9-10-20)21-11-13-22(25)14-12-21/h4-8,11-14,20,23H,3,9-10,15-17H2,1-2H3. The van der Waals surface area contributed by atoms with Crippen molar-refractivity contribution in [2.45, 2.75) is 57.0 Å². The smallest absolute Gasteiger partial charge is 0.0851 e. The molecule has 0 amide bonds. The average molecular weight is 381 g/mol. The molecule has 142 valence electrons. The van der Waals surface area contributed by atoms with Crippen LogP contribution < -0.4 is 0 Å². The molecule has 2 nitrogen and oxygen atoms in total. The summed E-state index contributed by atoms with van der Waals surface area (Å²) < 4.78 is 0. The highest BCUT2D eigenvalue weighted by Crippen LogP contribution is 2.50. The van der Waals surface area contributed by atoms with Gasteiger partial charge in [0.1, 0.15) is 0 Å². The Morgan fingerprint density at radius 3 is 2.37 bits per heavy atom. The van der Waals surface area contributed by atoms with Gasteiger partial charge in [-0.2, -0.15) is 5.26 Å². The summed E-state index contributed by atoms with van der Waals surface area (Å²) in [5, 5.41) is 10.9. The summed E-state index contributed by atoms with van der Waals surface area (Å²) >= 11 is 6.08. The maximum atomic E-state index is 10.2. The van der Waals surface area contributed by atoms with Crippen LogP contribution in [0.4, 0.5) is 0 Å². The van der Waals surface area contributed by atoms with E-state index < -0.39 is 0 Å². The van der Waals surface area contributed by atoms with E-state index in [1.807, 2.05) is 12.1 Å². The lowest BCUT2D eigenvalue weighted by atomic mass is 9.73. The number of hydrogen-bond donors (Lipinski definition) is 0. The van der Waals surface area contributed by atoms with E-state index in [0.717, 1.165) is 49.2 Å². The predicted octanol–water partition coefficient (Wildman–Crippen LogP) is 6.20. The van der Waals surface area contributed by atoms with E-state index in [1.165, 1.54) is 5.56 Å². The Balaban J connectivity index is 1.72. The van der Waals surface area contributed by atoms with Crippen molar-refractivity contribution in [2.75, 3.05) is 7.05 Å². The van der Waals surface area contributed by atoms with E-state index in [9.17, 15) is 5.26 Å². The number of nitriles is 1. The molecule has 0 radical (unpaired) electrons. The molecule has 3 heteroatoms. The summed E-state index contributed by atoms with van der Waals surface area (Å²) in [7, 11) is 2.20. The highest BCUT2D eigenvalue weighted by atomic mass is 35.5. The van der Waals surface area contributed by atoms with E-state index in [1.54, 1.807) is 0 Å². The van der Waals surface area contributed by atoms with Gasteiger partial charge in [0.15, 0.2) is 0 Å². The number of hydrogen-bond acceptors (Lipinski definition) is 2. The number of halogens is 1. The van der Waals surface area contributed by atoms with E-state index in [-0.39, 0.29) is 5.41 Å². The molecule has 2 aromatic carbocycles. The molecule has 1 aliphatic carbocycles. The third-order valence-corrected chi connectivity index (χ3v) is 6.33. The van der Waals surface area contributed by atoms with Crippen molar-refractivity contribution in [1.29, 1.82) is 5.26 Å². The lowest BCUT2D eigenvalue weighted by molar-refractivity contribution is 0.201. The van der Waals surface area contributed by atoms with Crippen LogP contribution in [0.25, 0.3) is 0 Å².